The molecular weight excluding hydrogens is 260 g/mol. The summed E-state index contributed by atoms with van der Waals surface area (Å²) in [7, 11) is 0. The number of nitrogens with zero attached hydrogens (tertiary/aromatic N) is 2. The van der Waals surface area contributed by atoms with E-state index in [1.807, 2.05) is 17.9 Å². The third kappa shape index (κ3) is 2.40. The normalized spacial score (nSPS) is 22.1. The first-order valence-corrected chi connectivity index (χ1v) is 5.93. The van der Waals surface area contributed by atoms with Crippen LogP contribution in [0.3, 0.4) is 0 Å². The van der Waals surface area contributed by atoms with Gasteiger partial charge in [0.2, 0.25) is 5.91 Å². The molecule has 0 N–H and O–H groups in total. The van der Waals surface area contributed by atoms with Crippen molar-refractivity contribution in [2.75, 3.05) is 6.54 Å². The summed E-state index contributed by atoms with van der Waals surface area (Å²) >= 11 is 3.38. The second kappa shape index (κ2) is 4.35. The van der Waals surface area contributed by atoms with Crippen LogP contribution in [-0.4, -0.2) is 27.3 Å². The van der Waals surface area contributed by atoms with E-state index in [0.717, 1.165) is 30.8 Å². The van der Waals surface area contributed by atoms with Gasteiger partial charge < -0.3 is 9.42 Å². The maximum absolute atomic E-state index is 11.8. The number of amides is 1. The highest BCUT2D eigenvalue weighted by molar-refractivity contribution is 9.10. The fourth-order valence-electron chi connectivity index (χ4n) is 1.74. The number of carbonyl (C=O) groups excluding carboxylic acids is 1. The molecule has 2 rings (SSSR count). The molecule has 1 unspecified atom stereocenters. The fourth-order valence-corrected chi connectivity index (χ4v) is 2.35. The van der Waals surface area contributed by atoms with Crippen LogP contribution in [0.4, 0.5) is 0 Å². The van der Waals surface area contributed by atoms with Gasteiger partial charge in [-0.2, -0.15) is 0 Å². The van der Waals surface area contributed by atoms with Gasteiger partial charge in [-0.15, -0.1) is 0 Å². The predicted octanol–water partition coefficient (Wildman–Crippen LogP) is 1.87. The maximum atomic E-state index is 11.8. The van der Waals surface area contributed by atoms with E-state index in [2.05, 4.69) is 21.1 Å². The lowest BCUT2D eigenvalue weighted by Gasteiger charge is -2.28. The average Bonchev–Trinajstić information content (AvgIpc) is 2.59. The largest absolute Gasteiger partial charge is 0.361 e. The number of rotatable bonds is 2. The zero-order chi connectivity index (χ0) is 10.8. The van der Waals surface area contributed by atoms with Crippen LogP contribution in [0, 0.1) is 6.92 Å². The summed E-state index contributed by atoms with van der Waals surface area (Å²) in [6, 6.07) is 1.87. The van der Waals surface area contributed by atoms with Crippen LogP contribution < -0.4 is 0 Å². The summed E-state index contributed by atoms with van der Waals surface area (Å²) in [5.74, 6) is 0.937. The molecule has 82 valence electrons. The third-order valence-corrected chi connectivity index (χ3v) is 3.34. The Hall–Kier alpha value is -0.840. The second-order valence-corrected chi connectivity index (χ2v) is 4.90. The monoisotopic (exact) mass is 272 g/mol. The zero-order valence-corrected chi connectivity index (χ0v) is 10.2. The van der Waals surface area contributed by atoms with Crippen LogP contribution in [0.2, 0.25) is 0 Å². The molecular formula is C10H13BrN2O2. The molecule has 0 spiro atoms. The molecule has 1 aromatic rings. The first kappa shape index (κ1) is 10.7. The van der Waals surface area contributed by atoms with E-state index >= 15 is 0 Å². The summed E-state index contributed by atoms with van der Waals surface area (Å²) in [5.41, 5.74) is 0.822. The maximum Gasteiger partial charge on any atom is 0.236 e. The van der Waals surface area contributed by atoms with Crippen LogP contribution in [0.25, 0.3) is 0 Å². The highest BCUT2D eigenvalue weighted by Gasteiger charge is 2.26. The molecule has 2 heterocycles. The Bertz CT molecular complexity index is 364. The predicted molar refractivity (Wildman–Crippen MR) is 58.6 cm³/mol. The van der Waals surface area contributed by atoms with Gasteiger partial charge in [0.1, 0.15) is 11.5 Å². The molecule has 1 aromatic heterocycles. The van der Waals surface area contributed by atoms with Crippen LogP contribution in [0.1, 0.15) is 24.3 Å². The van der Waals surface area contributed by atoms with Gasteiger partial charge in [0.05, 0.1) is 11.4 Å². The molecule has 0 aromatic carbocycles. The van der Waals surface area contributed by atoms with Gasteiger partial charge in [0.15, 0.2) is 0 Å². The van der Waals surface area contributed by atoms with E-state index in [9.17, 15) is 4.79 Å². The highest BCUT2D eigenvalue weighted by Crippen LogP contribution is 2.20. The smallest absolute Gasteiger partial charge is 0.236 e. The van der Waals surface area contributed by atoms with E-state index in [-0.39, 0.29) is 10.7 Å². The molecule has 4 nitrogen and oxygen atoms in total. The van der Waals surface area contributed by atoms with E-state index in [0.29, 0.717) is 6.54 Å². The molecule has 1 amide bonds. The first-order chi connectivity index (χ1) is 7.16. The number of hydrogen-bond acceptors (Lipinski definition) is 3. The van der Waals surface area contributed by atoms with Crippen LogP contribution >= 0.6 is 15.9 Å². The third-order valence-electron chi connectivity index (χ3n) is 2.49. The molecule has 1 fully saturated rings. The lowest BCUT2D eigenvalue weighted by molar-refractivity contribution is -0.133. The topological polar surface area (TPSA) is 46.3 Å². The Morgan fingerprint density at radius 3 is 3.20 bits per heavy atom. The van der Waals surface area contributed by atoms with Crippen molar-refractivity contribution in [3.05, 3.63) is 17.5 Å². The SMILES string of the molecule is Cc1cc(CN2CCCC(Br)C2=O)no1. The molecule has 15 heavy (non-hydrogen) atoms. The molecule has 5 heteroatoms. The Morgan fingerprint density at radius 2 is 2.53 bits per heavy atom. The van der Waals surface area contributed by atoms with Crippen molar-refractivity contribution < 1.29 is 9.32 Å². The lowest BCUT2D eigenvalue weighted by atomic mass is 10.1. The van der Waals surface area contributed by atoms with Crippen molar-refractivity contribution in [2.24, 2.45) is 0 Å². The molecule has 1 atom stereocenters. The number of aryl methyl sites for hydroxylation is 1. The van der Waals surface area contributed by atoms with Gasteiger partial charge in [-0.1, -0.05) is 21.1 Å². The summed E-state index contributed by atoms with van der Waals surface area (Å²) < 4.78 is 4.97. The van der Waals surface area contributed by atoms with Crippen molar-refractivity contribution in [3.8, 4) is 0 Å². The van der Waals surface area contributed by atoms with Gasteiger partial charge in [-0.25, -0.2) is 0 Å². The molecule has 1 aliphatic heterocycles. The number of alkyl halides is 1. The van der Waals surface area contributed by atoms with Gasteiger partial charge in [-0.05, 0) is 19.8 Å². The van der Waals surface area contributed by atoms with Gasteiger partial charge in [-0.3, -0.25) is 4.79 Å². The van der Waals surface area contributed by atoms with Gasteiger partial charge >= 0.3 is 0 Å². The Kier molecular flexibility index (Phi) is 3.09. The van der Waals surface area contributed by atoms with E-state index in [1.54, 1.807) is 0 Å². The Balaban J connectivity index is 2.02. The number of piperidine rings is 1. The highest BCUT2D eigenvalue weighted by atomic mass is 79.9. The molecule has 1 saturated heterocycles. The number of halogens is 1. The quantitative estimate of drug-likeness (QED) is 0.773. The number of likely N-dealkylation sites (tertiary alicyclic amines) is 1. The standard InChI is InChI=1S/C10H13BrN2O2/c1-7-5-8(12-15-7)6-13-4-2-3-9(11)10(13)14/h5,9H,2-4,6H2,1H3. The van der Waals surface area contributed by atoms with Crippen molar-refractivity contribution in [2.45, 2.75) is 31.1 Å². The Labute approximate surface area is 96.7 Å². The number of hydrogen-bond donors (Lipinski definition) is 0. The van der Waals surface area contributed by atoms with E-state index in [1.165, 1.54) is 0 Å². The summed E-state index contributed by atoms with van der Waals surface area (Å²) in [6.45, 7) is 3.22. The molecule has 1 aliphatic rings. The molecule has 0 aliphatic carbocycles. The lowest BCUT2D eigenvalue weighted by Crippen LogP contribution is -2.41. The fraction of sp³-hybridized carbons (Fsp3) is 0.600. The van der Waals surface area contributed by atoms with Gasteiger partial charge in [0.25, 0.3) is 0 Å². The van der Waals surface area contributed by atoms with Crippen LogP contribution in [0.15, 0.2) is 10.6 Å². The van der Waals surface area contributed by atoms with Crippen molar-refractivity contribution >= 4 is 21.8 Å². The molecule has 0 bridgehead atoms. The number of carbonyl (C=O) groups is 1. The number of aromatic nitrogens is 1. The molecule has 0 radical (unpaired) electrons. The van der Waals surface area contributed by atoms with Gasteiger partial charge in [0, 0.05) is 12.6 Å². The Morgan fingerprint density at radius 1 is 1.73 bits per heavy atom. The van der Waals surface area contributed by atoms with Crippen molar-refractivity contribution in [3.63, 3.8) is 0 Å². The molecule has 0 saturated carbocycles. The average molecular weight is 273 g/mol. The minimum Gasteiger partial charge on any atom is -0.361 e. The summed E-state index contributed by atoms with van der Waals surface area (Å²) in [6.07, 6.45) is 1.96. The second-order valence-electron chi connectivity index (χ2n) is 3.80. The zero-order valence-electron chi connectivity index (χ0n) is 8.57. The summed E-state index contributed by atoms with van der Waals surface area (Å²) in [4.78, 5) is 13.5. The first-order valence-electron chi connectivity index (χ1n) is 5.02. The van der Waals surface area contributed by atoms with Crippen LogP contribution in [0.5, 0.6) is 0 Å². The minimum atomic E-state index is -0.0285. The van der Waals surface area contributed by atoms with E-state index in [4.69, 9.17) is 4.52 Å². The van der Waals surface area contributed by atoms with Crippen molar-refractivity contribution in [1.82, 2.24) is 10.1 Å². The summed E-state index contributed by atoms with van der Waals surface area (Å²) in [5, 5.41) is 3.89. The minimum absolute atomic E-state index is 0.0285. The van der Waals surface area contributed by atoms with Crippen LogP contribution in [-0.2, 0) is 11.3 Å². The van der Waals surface area contributed by atoms with Crippen molar-refractivity contribution in [1.29, 1.82) is 0 Å². The van der Waals surface area contributed by atoms with E-state index < -0.39 is 0 Å².